The first kappa shape index (κ1) is 28.2. The smallest absolute Gasteiger partial charge is 0.299 e. The van der Waals surface area contributed by atoms with Gasteiger partial charge in [-0.1, -0.05) is 51.1 Å². The number of carbonyl (C=O) groups is 1. The zero-order valence-corrected chi connectivity index (χ0v) is 22.7. The van der Waals surface area contributed by atoms with Crippen LogP contribution >= 0.6 is 0 Å². The molecule has 0 radical (unpaired) electrons. The first-order chi connectivity index (χ1) is 17.3. The maximum absolute atomic E-state index is 12.8. The van der Waals surface area contributed by atoms with Crippen LogP contribution in [-0.2, 0) is 19.6 Å². The van der Waals surface area contributed by atoms with Crippen LogP contribution in [0.5, 0.6) is 0 Å². The van der Waals surface area contributed by atoms with Gasteiger partial charge in [-0.3, -0.25) is 25.0 Å². The molecule has 1 aliphatic rings. The monoisotopic (exact) mass is 527 g/mol. The Labute approximate surface area is 217 Å². The first-order valence-electron chi connectivity index (χ1n) is 11.9. The van der Waals surface area contributed by atoms with Crippen LogP contribution in [0.25, 0.3) is 0 Å². The Bertz CT molecular complexity index is 1210. The molecule has 37 heavy (non-hydrogen) atoms. The van der Waals surface area contributed by atoms with Crippen LogP contribution in [0.1, 0.15) is 44.4 Å². The van der Waals surface area contributed by atoms with E-state index in [1.807, 2.05) is 12.1 Å². The number of nitrogens with one attached hydrogen (secondary N) is 1. The van der Waals surface area contributed by atoms with E-state index in [2.05, 4.69) is 45.8 Å². The van der Waals surface area contributed by atoms with Crippen molar-refractivity contribution < 1.29 is 23.8 Å². The SMILES string of the molecule is C=CCO[C@@]1(C=O)c2ccccc2C(Nc2ccc([N+](=O)[O-])cc2[N+](=O)[O-])C[C@H]1O[Si](C)(C)C(C)(C)C. The van der Waals surface area contributed by atoms with E-state index in [4.69, 9.17) is 9.16 Å². The molecular formula is C26H33N3O7Si. The maximum atomic E-state index is 12.8. The number of rotatable bonds is 10. The quantitative estimate of drug-likeness (QED) is 0.130. The van der Waals surface area contributed by atoms with E-state index < -0.39 is 41.6 Å². The van der Waals surface area contributed by atoms with Gasteiger partial charge in [0.15, 0.2) is 20.2 Å². The number of aldehydes is 1. The number of nitro groups is 2. The standard InChI is InChI=1S/C26H33N3O7Si/c1-7-14-35-26(17-30)20-11-9-8-10-19(20)22(16-24(26)36-37(5,6)25(2,3)4)27-21-13-12-18(28(31)32)15-23(21)29(33)34/h7-13,15,17,22,24,27H,1,14,16H2,2-6H3/t22?,24-,26+/m1/s1. The van der Waals surface area contributed by atoms with Gasteiger partial charge in [-0.2, -0.15) is 0 Å². The lowest BCUT2D eigenvalue weighted by molar-refractivity contribution is -0.393. The topological polar surface area (TPSA) is 134 Å². The molecule has 0 fully saturated rings. The van der Waals surface area contributed by atoms with Crippen molar-refractivity contribution in [3.63, 3.8) is 0 Å². The summed E-state index contributed by atoms with van der Waals surface area (Å²) in [5.74, 6) is 0. The molecule has 0 aromatic heterocycles. The van der Waals surface area contributed by atoms with Gasteiger partial charge in [0.25, 0.3) is 11.4 Å². The third kappa shape index (κ3) is 5.48. The highest BCUT2D eigenvalue weighted by atomic mass is 28.4. The second kappa shape index (κ2) is 10.5. The molecule has 1 N–H and O–H groups in total. The molecule has 2 aromatic rings. The number of carbonyl (C=O) groups excluding carboxylic acids is 1. The second-order valence-corrected chi connectivity index (χ2v) is 15.4. The van der Waals surface area contributed by atoms with Gasteiger partial charge in [0.2, 0.25) is 0 Å². The van der Waals surface area contributed by atoms with Crippen molar-refractivity contribution in [3.05, 3.63) is 86.5 Å². The summed E-state index contributed by atoms with van der Waals surface area (Å²) in [6.45, 7) is 14.3. The number of hydrogen-bond donors (Lipinski definition) is 1. The van der Waals surface area contributed by atoms with E-state index >= 15 is 0 Å². The normalized spacial score (nSPS) is 21.5. The van der Waals surface area contributed by atoms with E-state index in [9.17, 15) is 25.0 Å². The van der Waals surface area contributed by atoms with Crippen molar-refractivity contribution in [1.29, 1.82) is 0 Å². The average Bonchev–Trinajstić information content (AvgIpc) is 2.83. The number of anilines is 1. The van der Waals surface area contributed by atoms with Crippen molar-refractivity contribution in [2.45, 2.75) is 63.1 Å². The number of nitrogens with zero attached hydrogens (tertiary/aromatic N) is 2. The van der Waals surface area contributed by atoms with Crippen LogP contribution in [0, 0.1) is 20.2 Å². The lowest BCUT2D eigenvalue weighted by Gasteiger charge is -2.49. The fourth-order valence-corrected chi connectivity index (χ4v) is 5.62. The largest absolute Gasteiger partial charge is 0.410 e. The molecule has 3 rings (SSSR count). The maximum Gasteiger partial charge on any atom is 0.299 e. The van der Waals surface area contributed by atoms with Crippen molar-refractivity contribution in [3.8, 4) is 0 Å². The van der Waals surface area contributed by atoms with Gasteiger partial charge in [-0.05, 0) is 35.3 Å². The van der Waals surface area contributed by atoms with Crippen molar-refractivity contribution >= 4 is 31.7 Å². The van der Waals surface area contributed by atoms with Crippen LogP contribution < -0.4 is 5.32 Å². The third-order valence-electron chi connectivity index (χ3n) is 7.26. The predicted octanol–water partition coefficient (Wildman–Crippen LogP) is 6.05. The Morgan fingerprint density at radius 3 is 2.41 bits per heavy atom. The molecule has 11 heteroatoms. The Kier molecular flexibility index (Phi) is 8.01. The molecule has 0 heterocycles. The Balaban J connectivity index is 2.15. The average molecular weight is 528 g/mol. The zero-order chi connectivity index (χ0) is 27.6. The Hall–Kier alpha value is -3.41. The fourth-order valence-electron chi connectivity index (χ4n) is 4.29. The van der Waals surface area contributed by atoms with Gasteiger partial charge in [0.1, 0.15) is 5.69 Å². The molecule has 0 saturated carbocycles. The zero-order valence-electron chi connectivity index (χ0n) is 21.7. The van der Waals surface area contributed by atoms with Gasteiger partial charge < -0.3 is 14.5 Å². The van der Waals surface area contributed by atoms with E-state index in [1.54, 1.807) is 18.2 Å². The molecule has 1 aliphatic carbocycles. The summed E-state index contributed by atoms with van der Waals surface area (Å²) in [6.07, 6.45) is 1.92. The van der Waals surface area contributed by atoms with Gasteiger partial charge >= 0.3 is 0 Å². The lowest BCUT2D eigenvalue weighted by Crippen LogP contribution is -2.56. The molecule has 0 amide bonds. The molecule has 0 saturated heterocycles. The summed E-state index contributed by atoms with van der Waals surface area (Å²) < 4.78 is 13.0. The van der Waals surface area contributed by atoms with Gasteiger partial charge in [-0.15, -0.1) is 6.58 Å². The van der Waals surface area contributed by atoms with E-state index in [1.165, 1.54) is 12.1 Å². The first-order valence-corrected chi connectivity index (χ1v) is 14.9. The van der Waals surface area contributed by atoms with Crippen LogP contribution in [-0.4, -0.2) is 37.2 Å². The molecular weight excluding hydrogens is 494 g/mol. The summed E-state index contributed by atoms with van der Waals surface area (Å²) in [5, 5.41) is 26.0. The molecule has 10 nitrogen and oxygen atoms in total. The van der Waals surface area contributed by atoms with Crippen molar-refractivity contribution in [2.75, 3.05) is 11.9 Å². The molecule has 3 atom stereocenters. The van der Waals surface area contributed by atoms with E-state index in [0.717, 1.165) is 17.9 Å². The van der Waals surface area contributed by atoms with Gasteiger partial charge in [0, 0.05) is 12.5 Å². The van der Waals surface area contributed by atoms with Crippen LogP contribution in [0.3, 0.4) is 0 Å². The second-order valence-electron chi connectivity index (χ2n) is 10.6. The number of benzene rings is 2. The fraction of sp³-hybridized carbons (Fsp3) is 0.423. The number of non-ortho nitro benzene ring substituents is 1. The summed E-state index contributed by atoms with van der Waals surface area (Å²) in [4.78, 5) is 34.4. The molecule has 0 spiro atoms. The third-order valence-corrected chi connectivity index (χ3v) is 11.7. The minimum Gasteiger partial charge on any atom is -0.410 e. The minimum absolute atomic E-state index is 0.121. The molecule has 2 aromatic carbocycles. The number of fused-ring (bicyclic) bond motifs is 1. The van der Waals surface area contributed by atoms with Gasteiger partial charge in [0.05, 0.1) is 34.7 Å². The van der Waals surface area contributed by atoms with Crippen LogP contribution in [0.15, 0.2) is 55.1 Å². The van der Waals surface area contributed by atoms with E-state index in [0.29, 0.717) is 5.56 Å². The highest BCUT2D eigenvalue weighted by Gasteiger charge is 2.53. The summed E-state index contributed by atoms with van der Waals surface area (Å²) in [6, 6.07) is 10.2. The highest BCUT2D eigenvalue weighted by Crippen LogP contribution is 2.48. The summed E-state index contributed by atoms with van der Waals surface area (Å²) in [7, 11) is -2.40. The van der Waals surface area contributed by atoms with Gasteiger partial charge in [-0.25, -0.2) is 0 Å². The number of ether oxygens (including phenoxy) is 1. The highest BCUT2D eigenvalue weighted by molar-refractivity contribution is 6.74. The molecule has 0 aliphatic heterocycles. The Morgan fingerprint density at radius 1 is 1.16 bits per heavy atom. The summed E-state index contributed by atoms with van der Waals surface area (Å²) in [5.41, 5.74) is -0.737. The van der Waals surface area contributed by atoms with Crippen LogP contribution in [0.4, 0.5) is 17.1 Å². The Morgan fingerprint density at radius 2 is 1.84 bits per heavy atom. The molecule has 0 bridgehead atoms. The molecule has 1 unspecified atom stereocenters. The predicted molar refractivity (Wildman–Crippen MR) is 143 cm³/mol. The van der Waals surface area contributed by atoms with Crippen LogP contribution in [0.2, 0.25) is 18.1 Å². The minimum atomic E-state index is -2.40. The molecule has 198 valence electrons. The van der Waals surface area contributed by atoms with E-state index in [-0.39, 0.29) is 29.4 Å². The van der Waals surface area contributed by atoms with Crippen molar-refractivity contribution in [2.24, 2.45) is 0 Å². The summed E-state index contributed by atoms with van der Waals surface area (Å²) >= 11 is 0. The van der Waals surface area contributed by atoms with Crippen molar-refractivity contribution in [1.82, 2.24) is 0 Å². The number of hydrogen-bond acceptors (Lipinski definition) is 8. The lowest BCUT2D eigenvalue weighted by atomic mass is 9.75. The number of nitro benzene ring substituents is 2.